The molecule has 0 radical (unpaired) electrons. The first-order chi connectivity index (χ1) is 6.00. The smallest absolute Gasteiger partial charge is 0.326 e. The van der Waals surface area contributed by atoms with Crippen molar-refractivity contribution in [2.75, 3.05) is 7.11 Å². The molecule has 0 saturated carbocycles. The van der Waals surface area contributed by atoms with Gasteiger partial charge in [-0.15, -0.1) is 0 Å². The lowest BCUT2D eigenvalue weighted by atomic mass is 9.86. The van der Waals surface area contributed by atoms with Crippen molar-refractivity contribution in [1.82, 2.24) is 5.32 Å². The van der Waals surface area contributed by atoms with Crippen molar-refractivity contribution in [1.29, 1.82) is 0 Å². The Morgan fingerprint density at radius 1 is 1.62 bits per heavy atom. The Balaban J connectivity index is 2.24. The molecule has 0 amide bonds. The second-order valence-corrected chi connectivity index (χ2v) is 3.75. The van der Waals surface area contributed by atoms with Gasteiger partial charge < -0.3 is 4.74 Å². The average Bonchev–Trinajstić information content (AvgIpc) is 2.57. The van der Waals surface area contributed by atoms with Gasteiger partial charge in [-0.3, -0.25) is 10.1 Å². The van der Waals surface area contributed by atoms with E-state index < -0.39 is 29.9 Å². The molecule has 3 nitrogen and oxygen atoms in total. The number of alkyl halides is 2. The Morgan fingerprint density at radius 3 is 2.69 bits per heavy atom. The third-order valence-corrected chi connectivity index (χ3v) is 2.93. The molecule has 74 valence electrons. The van der Waals surface area contributed by atoms with Crippen LogP contribution in [0.15, 0.2) is 0 Å². The standard InChI is InChI=1S/C8H11F2NO2/c1-13-6(12)7-3-2-5(11-7)8(9,10)4-7/h5,11H,2-4H2,1H3. The van der Waals surface area contributed by atoms with Crippen molar-refractivity contribution in [3.63, 3.8) is 0 Å². The summed E-state index contributed by atoms with van der Waals surface area (Å²) in [7, 11) is 1.22. The Morgan fingerprint density at radius 2 is 2.31 bits per heavy atom. The van der Waals surface area contributed by atoms with E-state index in [9.17, 15) is 13.6 Å². The Hall–Kier alpha value is -0.710. The Kier molecular flexibility index (Phi) is 1.64. The molecule has 0 spiro atoms. The van der Waals surface area contributed by atoms with E-state index in [4.69, 9.17) is 0 Å². The van der Waals surface area contributed by atoms with Gasteiger partial charge in [-0.25, -0.2) is 8.78 Å². The molecule has 13 heavy (non-hydrogen) atoms. The number of hydrogen-bond acceptors (Lipinski definition) is 3. The first-order valence-corrected chi connectivity index (χ1v) is 4.24. The van der Waals surface area contributed by atoms with Crippen molar-refractivity contribution in [2.45, 2.75) is 36.8 Å². The summed E-state index contributed by atoms with van der Waals surface area (Å²) < 4.78 is 30.7. The van der Waals surface area contributed by atoms with Crippen LogP contribution >= 0.6 is 0 Å². The molecule has 1 N–H and O–H groups in total. The topological polar surface area (TPSA) is 38.3 Å². The molecule has 2 rings (SSSR count). The molecule has 2 aliphatic heterocycles. The van der Waals surface area contributed by atoms with Gasteiger partial charge in [0.2, 0.25) is 0 Å². The second-order valence-electron chi connectivity index (χ2n) is 3.75. The van der Waals surface area contributed by atoms with Gasteiger partial charge in [-0.05, 0) is 12.8 Å². The van der Waals surface area contributed by atoms with E-state index in [2.05, 4.69) is 10.1 Å². The Labute approximate surface area is 74.4 Å². The molecule has 0 aliphatic carbocycles. The van der Waals surface area contributed by atoms with Gasteiger partial charge in [0, 0.05) is 6.42 Å². The van der Waals surface area contributed by atoms with Crippen LogP contribution in [-0.4, -0.2) is 30.6 Å². The molecule has 2 bridgehead atoms. The maximum absolute atomic E-state index is 13.1. The van der Waals surface area contributed by atoms with Crippen molar-refractivity contribution < 1.29 is 18.3 Å². The number of halogens is 2. The van der Waals surface area contributed by atoms with Gasteiger partial charge in [-0.2, -0.15) is 0 Å². The number of nitrogens with one attached hydrogen (secondary N) is 1. The van der Waals surface area contributed by atoms with Gasteiger partial charge in [0.1, 0.15) is 5.54 Å². The summed E-state index contributed by atoms with van der Waals surface area (Å²) in [6.07, 6.45) is 0.388. The fraction of sp³-hybridized carbons (Fsp3) is 0.875. The molecule has 2 atom stereocenters. The number of methoxy groups -OCH3 is 1. The summed E-state index contributed by atoms with van der Waals surface area (Å²) in [6.45, 7) is 0. The van der Waals surface area contributed by atoms with E-state index in [1.807, 2.05) is 0 Å². The Bertz CT molecular complexity index is 257. The normalized spacial score (nSPS) is 40.7. The van der Waals surface area contributed by atoms with Gasteiger partial charge in [0.25, 0.3) is 5.92 Å². The molecule has 5 heteroatoms. The zero-order valence-corrected chi connectivity index (χ0v) is 7.27. The minimum absolute atomic E-state index is 0.349. The minimum Gasteiger partial charge on any atom is -0.468 e. The fourth-order valence-corrected chi connectivity index (χ4v) is 2.28. The first kappa shape index (κ1) is 8.87. The summed E-state index contributed by atoms with van der Waals surface area (Å²) in [5.41, 5.74) is -1.11. The minimum atomic E-state index is -2.76. The molecule has 0 aromatic carbocycles. The molecule has 2 heterocycles. The second kappa shape index (κ2) is 2.41. The molecule has 2 fully saturated rings. The van der Waals surface area contributed by atoms with E-state index in [1.54, 1.807) is 0 Å². The number of hydrogen-bond donors (Lipinski definition) is 1. The van der Waals surface area contributed by atoms with E-state index in [0.29, 0.717) is 12.8 Å². The average molecular weight is 191 g/mol. The van der Waals surface area contributed by atoms with Crippen molar-refractivity contribution in [3.8, 4) is 0 Å². The van der Waals surface area contributed by atoms with Crippen LogP contribution in [0.5, 0.6) is 0 Å². The van der Waals surface area contributed by atoms with Crippen LogP contribution < -0.4 is 5.32 Å². The van der Waals surface area contributed by atoms with Crippen LogP contribution in [0.4, 0.5) is 8.78 Å². The summed E-state index contributed by atoms with van der Waals surface area (Å²) in [5, 5.41) is 2.66. The van der Waals surface area contributed by atoms with E-state index in [-0.39, 0.29) is 0 Å². The number of rotatable bonds is 1. The lowest BCUT2D eigenvalue weighted by Crippen LogP contribution is -2.45. The van der Waals surface area contributed by atoms with Crippen LogP contribution in [0.2, 0.25) is 0 Å². The van der Waals surface area contributed by atoms with Gasteiger partial charge >= 0.3 is 5.97 Å². The summed E-state index contributed by atoms with van der Waals surface area (Å²) in [6, 6.07) is -0.841. The summed E-state index contributed by atoms with van der Waals surface area (Å²) in [5.74, 6) is -3.32. The number of ether oxygens (including phenoxy) is 1. The van der Waals surface area contributed by atoms with E-state index >= 15 is 0 Å². The fourth-order valence-electron chi connectivity index (χ4n) is 2.28. The van der Waals surface area contributed by atoms with Crippen LogP contribution in [0.25, 0.3) is 0 Å². The lowest BCUT2D eigenvalue weighted by molar-refractivity contribution is -0.149. The molecule has 2 aliphatic rings. The lowest BCUT2D eigenvalue weighted by Gasteiger charge is -2.25. The zero-order valence-electron chi connectivity index (χ0n) is 7.27. The zero-order chi connectivity index (χ0) is 9.69. The monoisotopic (exact) mass is 191 g/mol. The quantitative estimate of drug-likeness (QED) is 0.620. The largest absolute Gasteiger partial charge is 0.468 e. The molecular formula is C8H11F2NO2. The predicted molar refractivity (Wildman–Crippen MR) is 40.5 cm³/mol. The maximum Gasteiger partial charge on any atom is 0.326 e. The first-order valence-electron chi connectivity index (χ1n) is 4.24. The summed E-state index contributed by atoms with van der Waals surface area (Å²) >= 11 is 0. The van der Waals surface area contributed by atoms with Gasteiger partial charge in [0.15, 0.2) is 0 Å². The SMILES string of the molecule is COC(=O)C12CCC(N1)C(F)(F)C2. The highest BCUT2D eigenvalue weighted by Gasteiger charge is 2.64. The number of carbonyl (C=O) groups is 1. The van der Waals surface area contributed by atoms with Crippen molar-refractivity contribution in [2.24, 2.45) is 0 Å². The molecule has 0 aromatic heterocycles. The third-order valence-electron chi connectivity index (χ3n) is 2.93. The van der Waals surface area contributed by atoms with E-state index in [1.165, 1.54) is 7.11 Å². The maximum atomic E-state index is 13.1. The molecule has 2 saturated heterocycles. The highest BCUT2D eigenvalue weighted by Crippen LogP contribution is 2.47. The molecular weight excluding hydrogens is 180 g/mol. The van der Waals surface area contributed by atoms with Crippen molar-refractivity contribution >= 4 is 5.97 Å². The van der Waals surface area contributed by atoms with Crippen LogP contribution in [0, 0.1) is 0 Å². The van der Waals surface area contributed by atoms with Crippen LogP contribution in [0.1, 0.15) is 19.3 Å². The molecule has 0 aromatic rings. The summed E-state index contributed by atoms with van der Waals surface area (Å²) in [4.78, 5) is 11.3. The number of carbonyl (C=O) groups excluding carboxylic acids is 1. The number of fused-ring (bicyclic) bond motifs is 2. The third kappa shape index (κ3) is 1.06. The van der Waals surface area contributed by atoms with Gasteiger partial charge in [0.05, 0.1) is 13.2 Å². The van der Waals surface area contributed by atoms with Gasteiger partial charge in [-0.1, -0.05) is 0 Å². The molecule has 2 unspecified atom stereocenters. The van der Waals surface area contributed by atoms with Crippen molar-refractivity contribution in [3.05, 3.63) is 0 Å². The highest BCUT2D eigenvalue weighted by molar-refractivity contribution is 5.82. The van der Waals surface area contributed by atoms with Crippen LogP contribution in [0.3, 0.4) is 0 Å². The number of esters is 1. The predicted octanol–water partition coefficient (Wildman–Crippen LogP) is 0.689. The van der Waals surface area contributed by atoms with Crippen LogP contribution in [-0.2, 0) is 9.53 Å². The van der Waals surface area contributed by atoms with E-state index in [0.717, 1.165) is 0 Å². The highest BCUT2D eigenvalue weighted by atomic mass is 19.3.